The van der Waals surface area contributed by atoms with Gasteiger partial charge in [-0.2, -0.15) is 0 Å². The molecule has 0 aromatic rings. The maximum absolute atomic E-state index is 0. The molecule has 0 aliphatic rings. The van der Waals surface area contributed by atoms with Crippen molar-refractivity contribution in [2.24, 2.45) is 0 Å². The molecular weight excluding hydrogens is 171 g/mol. The maximum Gasteiger partial charge on any atom is 2.00 e. The zero-order valence-corrected chi connectivity index (χ0v) is 6.91. The Bertz CT molecular complexity index is 12.9. The predicted molar refractivity (Wildman–Crippen MR) is 26.1 cm³/mol. The molecule has 5 heavy (non-hydrogen) atoms. The van der Waals surface area contributed by atoms with Gasteiger partial charge in [-0.15, -0.1) is 12.4 Å². The molecule has 0 fully saturated rings. The van der Waals surface area contributed by atoms with Crippen molar-refractivity contribution < 1.29 is 19.3 Å². The average molecular weight is 180 g/mol. The van der Waals surface area contributed by atoms with Gasteiger partial charge in [0.2, 0.25) is 0 Å². The Morgan fingerprint density at radius 1 is 0.800 bits per heavy atom. The van der Waals surface area contributed by atoms with Gasteiger partial charge in [0.15, 0.2) is 0 Å². The molecule has 0 saturated carbocycles. The molecule has 0 amide bonds. The molecule has 0 aromatic heterocycles. The van der Waals surface area contributed by atoms with E-state index in [4.69, 9.17) is 0 Å². The molecule has 36 valence electrons. The summed E-state index contributed by atoms with van der Waals surface area (Å²) in [6.45, 7) is 0. The first-order valence-corrected chi connectivity index (χ1v) is 0. The summed E-state index contributed by atoms with van der Waals surface area (Å²) in [5.41, 5.74) is 0. The van der Waals surface area contributed by atoms with Crippen molar-refractivity contribution >= 4 is 57.9 Å². The summed E-state index contributed by atoms with van der Waals surface area (Å²) in [6, 6.07) is 0. The van der Waals surface area contributed by atoms with Crippen molar-refractivity contribution in [3.05, 3.63) is 0 Å². The second-order valence-electron chi connectivity index (χ2n) is 0. The van der Waals surface area contributed by atoms with Crippen molar-refractivity contribution in [2.75, 3.05) is 0 Å². The molecule has 0 spiro atoms. The van der Waals surface area contributed by atoms with Crippen LogP contribution in [0.3, 0.4) is 0 Å². The summed E-state index contributed by atoms with van der Waals surface area (Å²) in [7, 11) is 0. The van der Waals surface area contributed by atoms with Gasteiger partial charge in [0.1, 0.15) is 0 Å². The molecule has 0 aromatic carbocycles. The molecular formula is H9ClO3Sr. The number of halogens is 1. The van der Waals surface area contributed by atoms with Crippen LogP contribution in [-0.2, 0) is 0 Å². The van der Waals surface area contributed by atoms with E-state index in [-0.39, 0.29) is 77.2 Å². The predicted octanol–water partition coefficient (Wildman–Crippen LogP) is -2.21. The second-order valence-corrected chi connectivity index (χ2v) is 0. The molecule has 0 radical (unpaired) electrons. The van der Waals surface area contributed by atoms with Crippen molar-refractivity contribution in [3.8, 4) is 0 Å². The van der Waals surface area contributed by atoms with E-state index in [1.54, 1.807) is 0 Å². The average Bonchev–Trinajstić information content (AvgIpc) is 0. The molecule has 3 nitrogen and oxygen atoms in total. The van der Waals surface area contributed by atoms with Crippen LogP contribution in [-0.4, -0.2) is 61.9 Å². The monoisotopic (exact) mass is 180 g/mol. The summed E-state index contributed by atoms with van der Waals surface area (Å²) >= 11 is 0. The van der Waals surface area contributed by atoms with Gasteiger partial charge < -0.3 is 19.3 Å². The van der Waals surface area contributed by atoms with Crippen molar-refractivity contribution in [3.63, 3.8) is 0 Å². The van der Waals surface area contributed by atoms with E-state index in [1.807, 2.05) is 0 Å². The van der Waals surface area contributed by atoms with Crippen LogP contribution in [0, 0.1) is 0 Å². The molecule has 0 saturated heterocycles. The van der Waals surface area contributed by atoms with E-state index in [2.05, 4.69) is 0 Å². The van der Waals surface area contributed by atoms with Gasteiger partial charge in [0.25, 0.3) is 0 Å². The molecule has 0 heterocycles. The van der Waals surface area contributed by atoms with Crippen LogP contribution in [0.2, 0.25) is 0 Å². The first kappa shape index (κ1) is 77.9. The quantitative estimate of drug-likeness (QED) is 0.378. The Labute approximate surface area is 76.3 Å². The van der Waals surface area contributed by atoms with Crippen LogP contribution in [0.15, 0.2) is 0 Å². The summed E-state index contributed by atoms with van der Waals surface area (Å²) in [4.78, 5) is 0. The van der Waals surface area contributed by atoms with E-state index in [9.17, 15) is 0 Å². The number of hydrogen-bond acceptors (Lipinski definition) is 0. The molecule has 0 atom stereocenters. The van der Waals surface area contributed by atoms with E-state index in [0.717, 1.165) is 0 Å². The molecule has 0 aliphatic heterocycles. The van der Waals surface area contributed by atoms with Crippen LogP contribution in [0.4, 0.5) is 0 Å². The van der Waals surface area contributed by atoms with Gasteiger partial charge in [0, 0.05) is 0 Å². The Morgan fingerprint density at radius 3 is 0.800 bits per heavy atom. The van der Waals surface area contributed by atoms with Gasteiger partial charge >= 0.3 is 45.5 Å². The van der Waals surface area contributed by atoms with Gasteiger partial charge in [0.05, 0.1) is 0 Å². The van der Waals surface area contributed by atoms with Crippen molar-refractivity contribution in [2.45, 2.75) is 0 Å². The molecule has 5 heteroatoms. The number of hydrogen-bond donors (Lipinski definition) is 0. The summed E-state index contributed by atoms with van der Waals surface area (Å²) < 4.78 is 0. The maximum atomic E-state index is 0. The van der Waals surface area contributed by atoms with E-state index < -0.39 is 0 Å². The van der Waals surface area contributed by atoms with Crippen molar-refractivity contribution in [1.82, 2.24) is 0 Å². The zero-order chi connectivity index (χ0) is 0. The Kier molecular flexibility index (Phi) is 699. The molecule has 0 aliphatic carbocycles. The topological polar surface area (TPSA) is 94.5 Å². The minimum Gasteiger partial charge on any atom is -1.00 e. The molecule has 0 unspecified atom stereocenters. The Morgan fingerprint density at radius 2 is 0.800 bits per heavy atom. The van der Waals surface area contributed by atoms with E-state index >= 15 is 0 Å². The Hall–Kier alpha value is 1.65. The van der Waals surface area contributed by atoms with Gasteiger partial charge in [-0.1, -0.05) is 0 Å². The molecule has 0 rings (SSSR count). The SMILES string of the molecule is Cl.O.O.O.[H-].[H-].[Sr+2]. The molecule has 6 N–H and O–H groups in total. The Balaban J connectivity index is 0. The minimum atomic E-state index is 0. The zero-order valence-electron chi connectivity index (χ0n) is 4.62. The smallest absolute Gasteiger partial charge is 1.00 e. The normalized spacial score (nSPS) is 0. The van der Waals surface area contributed by atoms with Gasteiger partial charge in [-0.05, 0) is 0 Å². The fourth-order valence-corrected chi connectivity index (χ4v) is 0. The van der Waals surface area contributed by atoms with Crippen molar-refractivity contribution in [1.29, 1.82) is 0 Å². The first-order chi connectivity index (χ1) is 0. The van der Waals surface area contributed by atoms with Crippen LogP contribution < -0.4 is 0 Å². The third kappa shape index (κ3) is 27.6. The minimum absolute atomic E-state index is 0. The summed E-state index contributed by atoms with van der Waals surface area (Å²) in [5.74, 6) is 0. The van der Waals surface area contributed by atoms with Gasteiger partial charge in [-0.25, -0.2) is 0 Å². The fraction of sp³-hybridized carbons (Fsp3) is 0. The third-order valence-corrected chi connectivity index (χ3v) is 0. The van der Waals surface area contributed by atoms with Crippen LogP contribution in [0.5, 0.6) is 0 Å². The summed E-state index contributed by atoms with van der Waals surface area (Å²) in [5, 5.41) is 0. The summed E-state index contributed by atoms with van der Waals surface area (Å²) in [6.07, 6.45) is 0. The van der Waals surface area contributed by atoms with E-state index in [1.165, 1.54) is 0 Å². The second kappa shape index (κ2) is 44.9. The molecule has 0 bridgehead atoms. The standard InChI is InChI=1S/ClH.3H2O.Sr.2H/h1H;3*1H2;;;/q;;;;+2;2*-1. The van der Waals surface area contributed by atoms with Crippen LogP contribution >= 0.6 is 12.4 Å². The fourth-order valence-electron chi connectivity index (χ4n) is 0. The first-order valence-electron chi connectivity index (χ1n) is 0. The van der Waals surface area contributed by atoms with E-state index in [0.29, 0.717) is 0 Å². The third-order valence-electron chi connectivity index (χ3n) is 0. The number of rotatable bonds is 0. The van der Waals surface area contributed by atoms with Crippen LogP contribution in [0.1, 0.15) is 2.85 Å². The van der Waals surface area contributed by atoms with Crippen LogP contribution in [0.25, 0.3) is 0 Å². The van der Waals surface area contributed by atoms with Gasteiger partial charge in [-0.3, -0.25) is 0 Å². The largest absolute Gasteiger partial charge is 2.00 e.